The number of methoxy groups -OCH3 is 1. The summed E-state index contributed by atoms with van der Waals surface area (Å²) < 4.78 is 7.22. The van der Waals surface area contributed by atoms with Gasteiger partial charge in [0, 0.05) is 12.2 Å². The van der Waals surface area contributed by atoms with Crippen LogP contribution in [0.1, 0.15) is 44.2 Å². The Bertz CT molecular complexity index is 900. The van der Waals surface area contributed by atoms with E-state index in [1.54, 1.807) is 13.3 Å². The van der Waals surface area contributed by atoms with Crippen LogP contribution in [0.2, 0.25) is 0 Å². The first kappa shape index (κ1) is 17.9. The molecule has 0 spiro atoms. The number of nitrogens with one attached hydrogen (secondary N) is 1. The number of amides is 1. The summed E-state index contributed by atoms with van der Waals surface area (Å²) in [7, 11) is 1.62. The van der Waals surface area contributed by atoms with Gasteiger partial charge in [-0.2, -0.15) is 0 Å². The SMILES string of the molecule is COc1ccc(CC(=O)N[C@H](C)c2nc3cccnc3n2C(C)C)cc1. The van der Waals surface area contributed by atoms with Crippen molar-refractivity contribution in [2.45, 2.75) is 39.3 Å². The maximum atomic E-state index is 12.5. The lowest BCUT2D eigenvalue weighted by Gasteiger charge is -2.18. The van der Waals surface area contributed by atoms with E-state index in [4.69, 9.17) is 4.74 Å². The van der Waals surface area contributed by atoms with Crippen molar-refractivity contribution in [3.05, 3.63) is 54.0 Å². The molecule has 26 heavy (non-hydrogen) atoms. The number of fused-ring (bicyclic) bond motifs is 1. The first-order chi connectivity index (χ1) is 12.5. The maximum Gasteiger partial charge on any atom is 0.224 e. The van der Waals surface area contributed by atoms with E-state index in [2.05, 4.69) is 33.7 Å². The van der Waals surface area contributed by atoms with Gasteiger partial charge in [0.2, 0.25) is 5.91 Å². The average molecular weight is 352 g/mol. The number of pyridine rings is 1. The van der Waals surface area contributed by atoms with Crippen molar-refractivity contribution in [2.24, 2.45) is 0 Å². The molecule has 0 saturated heterocycles. The van der Waals surface area contributed by atoms with Gasteiger partial charge in [-0.15, -0.1) is 0 Å². The molecule has 0 fully saturated rings. The molecule has 2 heterocycles. The zero-order chi connectivity index (χ0) is 18.7. The lowest BCUT2D eigenvalue weighted by molar-refractivity contribution is -0.121. The third-order valence-corrected chi connectivity index (χ3v) is 4.28. The van der Waals surface area contributed by atoms with Gasteiger partial charge >= 0.3 is 0 Å². The predicted octanol–water partition coefficient (Wildman–Crippen LogP) is 3.44. The highest BCUT2D eigenvalue weighted by Gasteiger charge is 2.20. The van der Waals surface area contributed by atoms with E-state index in [9.17, 15) is 4.79 Å². The van der Waals surface area contributed by atoms with Gasteiger partial charge in [-0.1, -0.05) is 12.1 Å². The first-order valence-electron chi connectivity index (χ1n) is 8.74. The number of carbonyl (C=O) groups is 1. The Morgan fingerprint density at radius 1 is 1.19 bits per heavy atom. The van der Waals surface area contributed by atoms with Gasteiger partial charge in [-0.25, -0.2) is 9.97 Å². The fourth-order valence-electron chi connectivity index (χ4n) is 3.05. The summed E-state index contributed by atoms with van der Waals surface area (Å²) in [4.78, 5) is 21.6. The minimum Gasteiger partial charge on any atom is -0.497 e. The van der Waals surface area contributed by atoms with E-state index < -0.39 is 0 Å². The summed E-state index contributed by atoms with van der Waals surface area (Å²) >= 11 is 0. The lowest BCUT2D eigenvalue weighted by atomic mass is 10.1. The lowest BCUT2D eigenvalue weighted by Crippen LogP contribution is -2.30. The van der Waals surface area contributed by atoms with Gasteiger partial charge in [0.15, 0.2) is 5.65 Å². The quantitative estimate of drug-likeness (QED) is 0.738. The number of hydrogen-bond acceptors (Lipinski definition) is 4. The van der Waals surface area contributed by atoms with Crippen molar-refractivity contribution in [2.75, 3.05) is 7.11 Å². The molecule has 0 aliphatic carbocycles. The molecular formula is C20H24N4O2. The van der Waals surface area contributed by atoms with E-state index in [0.717, 1.165) is 28.3 Å². The summed E-state index contributed by atoms with van der Waals surface area (Å²) in [5.74, 6) is 1.55. The zero-order valence-corrected chi connectivity index (χ0v) is 15.6. The monoisotopic (exact) mass is 352 g/mol. The molecule has 6 nitrogen and oxygen atoms in total. The van der Waals surface area contributed by atoms with E-state index in [0.29, 0.717) is 6.42 Å². The Hall–Kier alpha value is -2.89. The van der Waals surface area contributed by atoms with Crippen molar-refractivity contribution in [3.63, 3.8) is 0 Å². The third kappa shape index (κ3) is 3.69. The van der Waals surface area contributed by atoms with Crippen LogP contribution in [0.5, 0.6) is 5.75 Å². The van der Waals surface area contributed by atoms with Gasteiger partial charge in [-0.05, 0) is 50.6 Å². The number of carbonyl (C=O) groups excluding carboxylic acids is 1. The van der Waals surface area contributed by atoms with Crippen molar-refractivity contribution < 1.29 is 9.53 Å². The summed E-state index contributed by atoms with van der Waals surface area (Å²) in [5.41, 5.74) is 2.62. The summed E-state index contributed by atoms with van der Waals surface area (Å²) in [6.45, 7) is 6.13. The van der Waals surface area contributed by atoms with Gasteiger partial charge in [0.1, 0.15) is 17.1 Å². The number of ether oxygens (including phenoxy) is 1. The summed E-state index contributed by atoms with van der Waals surface area (Å²) in [6.07, 6.45) is 2.08. The zero-order valence-electron chi connectivity index (χ0n) is 15.6. The molecule has 1 amide bonds. The number of nitrogens with zero attached hydrogens (tertiary/aromatic N) is 3. The Morgan fingerprint density at radius 3 is 2.58 bits per heavy atom. The Morgan fingerprint density at radius 2 is 1.92 bits per heavy atom. The van der Waals surface area contributed by atoms with Crippen LogP contribution in [-0.2, 0) is 11.2 Å². The molecule has 0 radical (unpaired) electrons. The number of hydrogen-bond donors (Lipinski definition) is 1. The molecule has 1 N–H and O–H groups in total. The molecule has 0 unspecified atom stereocenters. The van der Waals surface area contributed by atoms with Gasteiger partial charge in [0.25, 0.3) is 0 Å². The van der Waals surface area contributed by atoms with Crippen LogP contribution in [0, 0.1) is 0 Å². The molecule has 0 saturated carbocycles. The van der Waals surface area contributed by atoms with Crippen molar-refractivity contribution in [3.8, 4) is 5.75 Å². The van der Waals surface area contributed by atoms with Gasteiger partial charge in [-0.3, -0.25) is 4.79 Å². The van der Waals surface area contributed by atoms with Crippen LogP contribution in [0.3, 0.4) is 0 Å². The maximum absolute atomic E-state index is 12.5. The number of aromatic nitrogens is 3. The molecule has 136 valence electrons. The highest BCUT2D eigenvalue weighted by molar-refractivity contribution is 5.79. The van der Waals surface area contributed by atoms with E-state index in [1.807, 2.05) is 43.3 Å². The topological polar surface area (TPSA) is 69.0 Å². The highest BCUT2D eigenvalue weighted by Crippen LogP contribution is 2.23. The van der Waals surface area contributed by atoms with Crippen molar-refractivity contribution in [1.82, 2.24) is 19.9 Å². The average Bonchev–Trinajstić information content (AvgIpc) is 3.02. The highest BCUT2D eigenvalue weighted by atomic mass is 16.5. The van der Waals surface area contributed by atoms with Crippen LogP contribution in [0.25, 0.3) is 11.2 Å². The molecule has 1 atom stereocenters. The number of imidazole rings is 1. The molecule has 1 aromatic carbocycles. The molecule has 3 rings (SSSR count). The normalized spacial score (nSPS) is 12.3. The van der Waals surface area contributed by atoms with Crippen LogP contribution < -0.4 is 10.1 Å². The molecular weight excluding hydrogens is 328 g/mol. The fourth-order valence-corrected chi connectivity index (χ4v) is 3.05. The molecule has 0 bridgehead atoms. The van der Waals surface area contributed by atoms with E-state index in [-0.39, 0.29) is 18.0 Å². The Kier molecular flexibility index (Phi) is 5.21. The fraction of sp³-hybridized carbons (Fsp3) is 0.350. The molecule has 3 aromatic rings. The molecule has 2 aromatic heterocycles. The first-order valence-corrected chi connectivity index (χ1v) is 8.74. The van der Waals surface area contributed by atoms with Crippen LogP contribution in [-0.4, -0.2) is 27.6 Å². The molecule has 0 aliphatic rings. The molecule has 6 heteroatoms. The van der Waals surface area contributed by atoms with E-state index >= 15 is 0 Å². The van der Waals surface area contributed by atoms with Gasteiger partial charge < -0.3 is 14.6 Å². The minimum absolute atomic E-state index is 0.0435. The third-order valence-electron chi connectivity index (χ3n) is 4.28. The molecule has 0 aliphatic heterocycles. The van der Waals surface area contributed by atoms with Crippen molar-refractivity contribution >= 4 is 17.1 Å². The van der Waals surface area contributed by atoms with Gasteiger partial charge in [0.05, 0.1) is 19.6 Å². The second-order valence-corrected chi connectivity index (χ2v) is 6.59. The second-order valence-electron chi connectivity index (χ2n) is 6.59. The summed E-state index contributed by atoms with van der Waals surface area (Å²) in [5, 5.41) is 3.05. The standard InChI is InChI=1S/C20H24N4O2/c1-13(2)24-19(23-17-6-5-11-21-20(17)24)14(3)22-18(25)12-15-7-9-16(26-4)10-8-15/h5-11,13-14H,12H2,1-4H3,(H,22,25)/t14-/m1/s1. The predicted molar refractivity (Wildman–Crippen MR) is 101 cm³/mol. The Balaban J connectivity index is 1.76. The largest absolute Gasteiger partial charge is 0.497 e. The summed E-state index contributed by atoms with van der Waals surface area (Å²) in [6, 6.07) is 11.3. The van der Waals surface area contributed by atoms with Crippen molar-refractivity contribution in [1.29, 1.82) is 0 Å². The van der Waals surface area contributed by atoms with Crippen LogP contribution in [0.4, 0.5) is 0 Å². The van der Waals surface area contributed by atoms with Crippen LogP contribution in [0.15, 0.2) is 42.6 Å². The minimum atomic E-state index is -0.211. The van der Waals surface area contributed by atoms with Crippen LogP contribution >= 0.6 is 0 Å². The second kappa shape index (κ2) is 7.56. The number of rotatable bonds is 6. The van der Waals surface area contributed by atoms with E-state index in [1.165, 1.54) is 0 Å². The Labute approximate surface area is 153 Å². The smallest absolute Gasteiger partial charge is 0.224 e. The number of benzene rings is 1.